The summed E-state index contributed by atoms with van der Waals surface area (Å²) in [6.45, 7) is 4.23. The molecule has 2 nitrogen and oxygen atoms in total. The third kappa shape index (κ3) is 3.26. The Morgan fingerprint density at radius 2 is 1.16 bits per heavy atom. The van der Waals surface area contributed by atoms with Gasteiger partial charge in [0.15, 0.2) is 5.60 Å². The Hall–Kier alpha value is -4.56. The number of para-hydroxylation sites is 1. The molecule has 0 fully saturated rings. The first-order chi connectivity index (χ1) is 18.1. The molecule has 5 aromatic carbocycles. The van der Waals surface area contributed by atoms with Gasteiger partial charge >= 0.3 is 0 Å². The normalized spacial score (nSPS) is 17.4. The molecule has 37 heavy (non-hydrogen) atoms. The van der Waals surface area contributed by atoms with Gasteiger partial charge in [0.25, 0.3) is 0 Å². The molecule has 0 amide bonds. The molecular weight excluding hydrogens is 452 g/mol. The minimum atomic E-state index is -0.851. The Morgan fingerprint density at radius 3 is 1.89 bits per heavy atom. The monoisotopic (exact) mass is 478 g/mol. The summed E-state index contributed by atoms with van der Waals surface area (Å²) < 4.78 is 13.9. The van der Waals surface area contributed by atoms with Gasteiger partial charge in [-0.25, -0.2) is 0 Å². The lowest BCUT2D eigenvalue weighted by Crippen LogP contribution is -2.38. The molecular formula is C35H26O2. The summed E-state index contributed by atoms with van der Waals surface area (Å²) in [6, 6.07) is 42.5. The van der Waals surface area contributed by atoms with E-state index in [9.17, 15) is 0 Å². The molecule has 2 aliphatic heterocycles. The summed E-state index contributed by atoms with van der Waals surface area (Å²) in [5.74, 6) is 2.51. The van der Waals surface area contributed by atoms with Crippen LogP contribution < -0.4 is 4.74 Å². The molecule has 178 valence electrons. The summed E-state index contributed by atoms with van der Waals surface area (Å²) in [7, 11) is 0. The van der Waals surface area contributed by atoms with E-state index in [1.165, 1.54) is 11.1 Å². The number of aryl methyl sites for hydroxylation is 2. The second-order valence-electron chi connectivity index (χ2n) is 9.86. The van der Waals surface area contributed by atoms with E-state index in [0.29, 0.717) is 0 Å². The first kappa shape index (κ1) is 21.7. The standard InChI is InChI=1S/C35H26O2/c1-23-15-19-25(20-16-23)32-28-11-8-14-31-33(28)35(27-9-4-3-5-10-27,29-12-6-7-13-30(29)36-31)37-34(32)26-21-17-24(2)18-22-26/h3-22H,1-2H3. The fraction of sp³-hybridized carbons (Fsp3) is 0.0857. The van der Waals surface area contributed by atoms with Gasteiger partial charge in [-0.1, -0.05) is 120 Å². The number of ether oxygens (including phenoxy) is 2. The first-order valence-corrected chi connectivity index (χ1v) is 12.7. The van der Waals surface area contributed by atoms with E-state index in [1.807, 2.05) is 12.1 Å². The first-order valence-electron chi connectivity index (χ1n) is 12.7. The van der Waals surface area contributed by atoms with Crippen molar-refractivity contribution in [1.29, 1.82) is 0 Å². The summed E-state index contributed by atoms with van der Waals surface area (Å²) in [6.07, 6.45) is 0. The van der Waals surface area contributed by atoms with E-state index in [0.717, 1.165) is 56.2 Å². The summed E-state index contributed by atoms with van der Waals surface area (Å²) in [5, 5.41) is 0. The van der Waals surface area contributed by atoms with Crippen molar-refractivity contribution in [3.05, 3.63) is 166 Å². The van der Waals surface area contributed by atoms with Crippen LogP contribution in [0.2, 0.25) is 0 Å². The molecule has 2 heteroatoms. The maximum atomic E-state index is 7.42. The second-order valence-corrected chi connectivity index (χ2v) is 9.86. The van der Waals surface area contributed by atoms with E-state index in [4.69, 9.17) is 9.47 Å². The Bertz CT molecular complexity index is 1660. The second kappa shape index (κ2) is 8.25. The minimum absolute atomic E-state index is 0.818. The lowest BCUT2D eigenvalue weighted by molar-refractivity contribution is 0.104. The zero-order valence-electron chi connectivity index (χ0n) is 20.9. The van der Waals surface area contributed by atoms with Crippen molar-refractivity contribution < 1.29 is 9.47 Å². The molecule has 1 atom stereocenters. The van der Waals surface area contributed by atoms with E-state index in [2.05, 4.69) is 123 Å². The highest BCUT2D eigenvalue weighted by atomic mass is 16.5. The van der Waals surface area contributed by atoms with Crippen LogP contribution in [0.25, 0.3) is 11.3 Å². The molecule has 0 radical (unpaired) electrons. The van der Waals surface area contributed by atoms with Crippen LogP contribution in [-0.4, -0.2) is 0 Å². The highest BCUT2D eigenvalue weighted by Gasteiger charge is 2.51. The highest BCUT2D eigenvalue weighted by molar-refractivity contribution is 6.00. The molecule has 0 aliphatic carbocycles. The highest BCUT2D eigenvalue weighted by Crippen LogP contribution is 2.59. The largest absolute Gasteiger partial charge is 0.471 e. The van der Waals surface area contributed by atoms with Crippen molar-refractivity contribution in [3.63, 3.8) is 0 Å². The molecule has 0 bridgehead atoms. The van der Waals surface area contributed by atoms with Crippen LogP contribution >= 0.6 is 0 Å². The van der Waals surface area contributed by atoms with Gasteiger partial charge in [0.05, 0.1) is 5.56 Å². The van der Waals surface area contributed by atoms with Gasteiger partial charge < -0.3 is 9.47 Å². The molecule has 2 aliphatic rings. The van der Waals surface area contributed by atoms with Crippen molar-refractivity contribution in [2.24, 2.45) is 0 Å². The van der Waals surface area contributed by atoms with Crippen molar-refractivity contribution in [3.8, 4) is 11.5 Å². The Kier molecular flexibility index (Phi) is 4.84. The van der Waals surface area contributed by atoms with Crippen LogP contribution in [0, 0.1) is 13.8 Å². The minimum Gasteiger partial charge on any atom is -0.471 e. The van der Waals surface area contributed by atoms with Crippen LogP contribution in [-0.2, 0) is 10.3 Å². The average molecular weight is 479 g/mol. The van der Waals surface area contributed by atoms with Crippen molar-refractivity contribution in [2.75, 3.05) is 0 Å². The van der Waals surface area contributed by atoms with Crippen LogP contribution in [0.15, 0.2) is 121 Å². The SMILES string of the molecule is Cc1ccc(C2=C(c3ccc(C)cc3)c3cccc4c3C(c3ccccc3)(O2)c2ccccc2O4)cc1. The van der Waals surface area contributed by atoms with Gasteiger partial charge in [-0.2, -0.15) is 0 Å². The molecule has 2 heterocycles. The van der Waals surface area contributed by atoms with Crippen LogP contribution in [0.5, 0.6) is 11.5 Å². The smallest absolute Gasteiger partial charge is 0.192 e. The number of hydrogen-bond donors (Lipinski definition) is 0. The molecule has 0 saturated heterocycles. The molecule has 0 N–H and O–H groups in total. The molecule has 1 unspecified atom stereocenters. The maximum Gasteiger partial charge on any atom is 0.192 e. The van der Waals surface area contributed by atoms with Gasteiger partial charge in [0.1, 0.15) is 17.3 Å². The molecule has 7 rings (SSSR count). The third-order valence-electron chi connectivity index (χ3n) is 7.45. The molecule has 5 aromatic rings. The molecule has 0 spiro atoms. The van der Waals surface area contributed by atoms with Crippen molar-refractivity contribution in [1.82, 2.24) is 0 Å². The number of benzene rings is 5. The lowest BCUT2D eigenvalue weighted by Gasteiger charge is -2.45. The Morgan fingerprint density at radius 1 is 0.541 bits per heavy atom. The zero-order chi connectivity index (χ0) is 25.0. The fourth-order valence-electron chi connectivity index (χ4n) is 5.67. The fourth-order valence-corrected chi connectivity index (χ4v) is 5.67. The Balaban J connectivity index is 1.63. The molecule has 0 saturated carbocycles. The number of rotatable bonds is 3. The van der Waals surface area contributed by atoms with E-state index in [-0.39, 0.29) is 0 Å². The predicted octanol–water partition coefficient (Wildman–Crippen LogP) is 8.65. The molecule has 0 aromatic heterocycles. The average Bonchev–Trinajstić information content (AvgIpc) is 2.94. The summed E-state index contributed by atoms with van der Waals surface area (Å²) >= 11 is 0. The third-order valence-corrected chi connectivity index (χ3v) is 7.45. The Labute approximate surface area is 217 Å². The van der Waals surface area contributed by atoms with E-state index in [1.54, 1.807) is 0 Å². The quantitative estimate of drug-likeness (QED) is 0.258. The van der Waals surface area contributed by atoms with Gasteiger partial charge in [-0.05, 0) is 37.1 Å². The van der Waals surface area contributed by atoms with Crippen LogP contribution in [0.1, 0.15) is 44.5 Å². The predicted molar refractivity (Wildman–Crippen MR) is 149 cm³/mol. The lowest BCUT2D eigenvalue weighted by atomic mass is 9.72. The van der Waals surface area contributed by atoms with Crippen molar-refractivity contribution >= 4 is 11.3 Å². The van der Waals surface area contributed by atoms with Gasteiger partial charge in [-0.3, -0.25) is 0 Å². The number of hydrogen-bond acceptors (Lipinski definition) is 2. The van der Waals surface area contributed by atoms with Crippen LogP contribution in [0.4, 0.5) is 0 Å². The van der Waals surface area contributed by atoms with E-state index < -0.39 is 5.60 Å². The maximum absolute atomic E-state index is 7.42. The van der Waals surface area contributed by atoms with Gasteiger partial charge in [0, 0.05) is 22.3 Å². The zero-order valence-corrected chi connectivity index (χ0v) is 20.9. The van der Waals surface area contributed by atoms with E-state index >= 15 is 0 Å². The topological polar surface area (TPSA) is 18.5 Å². The number of fused-ring (bicyclic) bond motifs is 2. The summed E-state index contributed by atoms with van der Waals surface area (Å²) in [5.41, 5.74) is 9.10. The summed E-state index contributed by atoms with van der Waals surface area (Å²) in [4.78, 5) is 0. The van der Waals surface area contributed by atoms with Crippen LogP contribution in [0.3, 0.4) is 0 Å². The van der Waals surface area contributed by atoms with Gasteiger partial charge in [-0.15, -0.1) is 0 Å². The van der Waals surface area contributed by atoms with Gasteiger partial charge in [0.2, 0.25) is 0 Å². The van der Waals surface area contributed by atoms with Crippen molar-refractivity contribution in [2.45, 2.75) is 19.4 Å².